The standard InChI is InChI=1S/C25H35N3O/c1-6-26(19(2)3)18-22-10-12-23(13-11-22)25(29)28-16-14-27(15-17-28)24-9-7-8-20(4)21(24)5/h7-13,19H,6,14-18H2,1-5H3. The number of carbonyl (C=O) groups excluding carboxylic acids is 1. The number of hydrogen-bond acceptors (Lipinski definition) is 3. The summed E-state index contributed by atoms with van der Waals surface area (Å²) in [6.45, 7) is 16.2. The highest BCUT2D eigenvalue weighted by molar-refractivity contribution is 5.94. The van der Waals surface area contributed by atoms with E-state index in [2.05, 4.69) is 74.8 Å². The summed E-state index contributed by atoms with van der Waals surface area (Å²) in [6, 6.07) is 15.2. The zero-order valence-electron chi connectivity index (χ0n) is 18.6. The lowest BCUT2D eigenvalue weighted by Crippen LogP contribution is -2.49. The van der Waals surface area contributed by atoms with E-state index in [1.54, 1.807) is 0 Å². The van der Waals surface area contributed by atoms with Crippen LogP contribution in [0.1, 0.15) is 47.8 Å². The summed E-state index contributed by atoms with van der Waals surface area (Å²) in [6.07, 6.45) is 0. The van der Waals surface area contributed by atoms with Crippen LogP contribution in [0.25, 0.3) is 0 Å². The van der Waals surface area contributed by atoms with Crippen LogP contribution in [0.3, 0.4) is 0 Å². The van der Waals surface area contributed by atoms with Gasteiger partial charge in [-0.1, -0.05) is 31.2 Å². The molecule has 1 aliphatic heterocycles. The number of aryl methyl sites for hydroxylation is 1. The first-order chi connectivity index (χ1) is 13.9. The molecule has 1 aliphatic rings. The van der Waals surface area contributed by atoms with Crippen molar-refractivity contribution in [2.75, 3.05) is 37.6 Å². The van der Waals surface area contributed by atoms with Gasteiger partial charge in [-0.15, -0.1) is 0 Å². The summed E-state index contributed by atoms with van der Waals surface area (Å²) >= 11 is 0. The number of carbonyl (C=O) groups is 1. The molecular formula is C25H35N3O. The van der Waals surface area contributed by atoms with Gasteiger partial charge in [-0.2, -0.15) is 0 Å². The highest BCUT2D eigenvalue weighted by atomic mass is 16.2. The zero-order valence-corrected chi connectivity index (χ0v) is 18.6. The molecule has 1 fully saturated rings. The van der Waals surface area contributed by atoms with Gasteiger partial charge >= 0.3 is 0 Å². The van der Waals surface area contributed by atoms with Crippen molar-refractivity contribution >= 4 is 11.6 Å². The van der Waals surface area contributed by atoms with Crippen LogP contribution in [0.5, 0.6) is 0 Å². The first kappa shape index (κ1) is 21.4. The number of rotatable bonds is 6. The van der Waals surface area contributed by atoms with Crippen LogP contribution < -0.4 is 4.90 Å². The van der Waals surface area contributed by atoms with Gasteiger partial charge < -0.3 is 9.80 Å². The Morgan fingerprint density at radius 3 is 2.24 bits per heavy atom. The Labute approximate surface area is 176 Å². The third kappa shape index (κ3) is 4.99. The van der Waals surface area contributed by atoms with E-state index in [1.807, 2.05) is 17.0 Å². The highest BCUT2D eigenvalue weighted by Gasteiger charge is 2.23. The van der Waals surface area contributed by atoms with Gasteiger partial charge in [-0.05, 0) is 69.1 Å². The summed E-state index contributed by atoms with van der Waals surface area (Å²) in [5, 5.41) is 0. The number of hydrogen-bond donors (Lipinski definition) is 0. The molecule has 2 aromatic carbocycles. The lowest BCUT2D eigenvalue weighted by atomic mass is 10.1. The van der Waals surface area contributed by atoms with E-state index in [4.69, 9.17) is 0 Å². The summed E-state index contributed by atoms with van der Waals surface area (Å²) in [4.78, 5) is 19.8. The molecule has 0 aliphatic carbocycles. The van der Waals surface area contributed by atoms with Crippen LogP contribution in [0, 0.1) is 13.8 Å². The maximum absolute atomic E-state index is 13.0. The van der Waals surface area contributed by atoms with Gasteiger partial charge in [0.1, 0.15) is 0 Å². The van der Waals surface area contributed by atoms with Crippen LogP contribution in [-0.2, 0) is 6.54 Å². The molecule has 4 heteroatoms. The van der Waals surface area contributed by atoms with Gasteiger partial charge in [-0.3, -0.25) is 9.69 Å². The van der Waals surface area contributed by atoms with E-state index in [1.165, 1.54) is 22.4 Å². The summed E-state index contributed by atoms with van der Waals surface area (Å²) in [5.74, 6) is 0.147. The molecule has 29 heavy (non-hydrogen) atoms. The van der Waals surface area contributed by atoms with E-state index in [0.29, 0.717) is 6.04 Å². The summed E-state index contributed by atoms with van der Waals surface area (Å²) in [5.41, 5.74) is 6.01. The third-order valence-electron chi connectivity index (χ3n) is 6.21. The van der Waals surface area contributed by atoms with E-state index < -0.39 is 0 Å². The smallest absolute Gasteiger partial charge is 0.253 e. The second-order valence-electron chi connectivity index (χ2n) is 8.35. The average Bonchev–Trinajstić information content (AvgIpc) is 2.74. The predicted octanol–water partition coefficient (Wildman–Crippen LogP) is 4.50. The van der Waals surface area contributed by atoms with Gasteiger partial charge in [-0.25, -0.2) is 0 Å². The average molecular weight is 394 g/mol. The first-order valence-electron chi connectivity index (χ1n) is 10.8. The number of anilines is 1. The third-order valence-corrected chi connectivity index (χ3v) is 6.21. The number of amides is 1. The minimum Gasteiger partial charge on any atom is -0.368 e. The molecule has 1 saturated heterocycles. The molecule has 4 nitrogen and oxygen atoms in total. The van der Waals surface area contributed by atoms with Crippen molar-refractivity contribution in [2.24, 2.45) is 0 Å². The number of nitrogens with zero attached hydrogens (tertiary/aromatic N) is 3. The minimum atomic E-state index is 0.147. The zero-order chi connectivity index (χ0) is 21.0. The van der Waals surface area contributed by atoms with Crippen LogP contribution in [0.15, 0.2) is 42.5 Å². The monoisotopic (exact) mass is 393 g/mol. The second kappa shape index (κ2) is 9.45. The van der Waals surface area contributed by atoms with Crippen LogP contribution in [0.2, 0.25) is 0 Å². The Morgan fingerprint density at radius 2 is 1.66 bits per heavy atom. The molecule has 0 atom stereocenters. The van der Waals surface area contributed by atoms with Crippen molar-refractivity contribution in [3.8, 4) is 0 Å². The van der Waals surface area contributed by atoms with E-state index in [9.17, 15) is 4.79 Å². The van der Waals surface area contributed by atoms with Gasteiger partial charge in [0.25, 0.3) is 5.91 Å². The molecule has 1 amide bonds. The van der Waals surface area contributed by atoms with E-state index >= 15 is 0 Å². The van der Waals surface area contributed by atoms with Crippen molar-refractivity contribution in [3.05, 3.63) is 64.7 Å². The topological polar surface area (TPSA) is 26.8 Å². The van der Waals surface area contributed by atoms with Crippen LogP contribution in [-0.4, -0.2) is 54.5 Å². The molecule has 2 aromatic rings. The van der Waals surface area contributed by atoms with Crippen molar-refractivity contribution in [2.45, 2.75) is 47.2 Å². The summed E-state index contributed by atoms with van der Waals surface area (Å²) in [7, 11) is 0. The lowest BCUT2D eigenvalue weighted by molar-refractivity contribution is 0.0746. The lowest BCUT2D eigenvalue weighted by Gasteiger charge is -2.37. The number of piperazine rings is 1. The molecule has 0 unspecified atom stereocenters. The summed E-state index contributed by atoms with van der Waals surface area (Å²) < 4.78 is 0. The fraction of sp³-hybridized carbons (Fsp3) is 0.480. The molecule has 0 saturated carbocycles. The van der Waals surface area contributed by atoms with Gasteiger partial charge in [0.05, 0.1) is 0 Å². The second-order valence-corrected chi connectivity index (χ2v) is 8.35. The molecule has 0 radical (unpaired) electrons. The number of benzene rings is 2. The molecular weight excluding hydrogens is 358 g/mol. The molecule has 156 valence electrons. The van der Waals surface area contributed by atoms with Gasteiger partial charge in [0.15, 0.2) is 0 Å². The van der Waals surface area contributed by atoms with Crippen molar-refractivity contribution in [1.29, 1.82) is 0 Å². The fourth-order valence-electron chi connectivity index (χ4n) is 4.06. The van der Waals surface area contributed by atoms with Gasteiger partial charge in [0.2, 0.25) is 0 Å². The Kier molecular flexibility index (Phi) is 6.96. The largest absolute Gasteiger partial charge is 0.368 e. The van der Waals surface area contributed by atoms with Crippen molar-refractivity contribution in [1.82, 2.24) is 9.80 Å². The Bertz CT molecular complexity index is 820. The molecule has 0 aromatic heterocycles. The van der Waals surface area contributed by atoms with Crippen molar-refractivity contribution < 1.29 is 4.79 Å². The molecule has 0 spiro atoms. The predicted molar refractivity (Wildman–Crippen MR) is 122 cm³/mol. The van der Waals surface area contributed by atoms with Crippen LogP contribution >= 0.6 is 0 Å². The molecule has 0 N–H and O–H groups in total. The Morgan fingerprint density at radius 1 is 1.00 bits per heavy atom. The maximum atomic E-state index is 13.0. The highest BCUT2D eigenvalue weighted by Crippen LogP contribution is 2.24. The van der Waals surface area contributed by atoms with Crippen molar-refractivity contribution in [3.63, 3.8) is 0 Å². The molecule has 0 bridgehead atoms. The normalized spacial score (nSPS) is 14.7. The maximum Gasteiger partial charge on any atom is 0.253 e. The quantitative estimate of drug-likeness (QED) is 0.723. The minimum absolute atomic E-state index is 0.147. The molecule has 1 heterocycles. The Hall–Kier alpha value is -2.33. The van der Waals surface area contributed by atoms with Gasteiger partial charge in [0, 0.05) is 50.0 Å². The van der Waals surface area contributed by atoms with E-state index in [0.717, 1.165) is 44.8 Å². The fourth-order valence-corrected chi connectivity index (χ4v) is 4.06. The SMILES string of the molecule is CCN(Cc1ccc(C(=O)N2CCN(c3cccc(C)c3C)CC2)cc1)C(C)C. The molecule has 3 rings (SSSR count). The van der Waals surface area contributed by atoms with E-state index in [-0.39, 0.29) is 5.91 Å². The van der Waals surface area contributed by atoms with Crippen LogP contribution in [0.4, 0.5) is 5.69 Å². The first-order valence-corrected chi connectivity index (χ1v) is 10.8. The Balaban J connectivity index is 1.60.